The van der Waals surface area contributed by atoms with Gasteiger partial charge in [-0.05, 0) is 43.5 Å². The van der Waals surface area contributed by atoms with E-state index < -0.39 is 0 Å². The van der Waals surface area contributed by atoms with E-state index in [1.165, 1.54) is 5.56 Å². The van der Waals surface area contributed by atoms with Crippen molar-refractivity contribution in [1.82, 2.24) is 20.0 Å². The highest BCUT2D eigenvalue weighted by atomic mass is 16.2. The molecule has 0 saturated heterocycles. The minimum Gasteiger partial charge on any atom is -0.352 e. The average molecular weight is 417 g/mol. The van der Waals surface area contributed by atoms with Crippen LogP contribution in [-0.2, 0) is 22.6 Å². The maximum Gasteiger partial charge on any atom is 0.222 e. The molecule has 0 fully saturated rings. The first-order valence-electron chi connectivity index (χ1n) is 10.7. The first-order valence-corrected chi connectivity index (χ1v) is 10.7. The van der Waals surface area contributed by atoms with Crippen molar-refractivity contribution < 1.29 is 9.59 Å². The van der Waals surface area contributed by atoms with Crippen molar-refractivity contribution in [3.05, 3.63) is 82.7 Å². The predicted octanol–water partition coefficient (Wildman–Crippen LogP) is 3.64. The number of nitrogens with zero attached hydrogens (tertiary/aromatic N) is 3. The Morgan fingerprint density at radius 1 is 1.06 bits per heavy atom. The summed E-state index contributed by atoms with van der Waals surface area (Å²) in [6, 6.07) is 17.8. The highest BCUT2D eigenvalue weighted by Crippen LogP contribution is 2.32. The highest BCUT2D eigenvalue weighted by Gasteiger charge is 2.30. The lowest BCUT2D eigenvalue weighted by Gasteiger charge is -2.36. The number of aryl methyl sites for hydroxylation is 1. The van der Waals surface area contributed by atoms with Gasteiger partial charge in [-0.1, -0.05) is 42.5 Å². The summed E-state index contributed by atoms with van der Waals surface area (Å²) in [6.07, 6.45) is 1.08. The fraction of sp³-hybridized carbons (Fsp3) is 0.320. The van der Waals surface area contributed by atoms with E-state index >= 15 is 0 Å². The van der Waals surface area contributed by atoms with E-state index in [4.69, 9.17) is 0 Å². The van der Waals surface area contributed by atoms with Crippen LogP contribution in [0.2, 0.25) is 0 Å². The Morgan fingerprint density at radius 2 is 1.77 bits per heavy atom. The van der Waals surface area contributed by atoms with E-state index in [1.54, 1.807) is 6.92 Å². The van der Waals surface area contributed by atoms with Crippen molar-refractivity contribution in [2.75, 3.05) is 6.54 Å². The molecule has 0 radical (unpaired) electrons. The van der Waals surface area contributed by atoms with Crippen LogP contribution in [0, 0.1) is 13.8 Å². The number of carbonyl (C=O) groups is 2. The van der Waals surface area contributed by atoms with Crippen LogP contribution in [0.25, 0.3) is 5.69 Å². The molecule has 160 valence electrons. The van der Waals surface area contributed by atoms with E-state index in [9.17, 15) is 9.59 Å². The van der Waals surface area contributed by atoms with Gasteiger partial charge in [0.15, 0.2) is 0 Å². The van der Waals surface area contributed by atoms with Crippen molar-refractivity contribution >= 4 is 11.8 Å². The summed E-state index contributed by atoms with van der Waals surface area (Å²) in [4.78, 5) is 26.9. The fourth-order valence-corrected chi connectivity index (χ4v) is 4.43. The Bertz CT molecular complexity index is 1100. The standard InChI is InChI=1S/C25H28N4O2/c1-17-23(18(2)29(27-17)21-10-5-4-6-11-21)16-26-25(31)15-24-22-12-8-7-9-20(22)13-14-28(24)19(3)30/h4-12,24H,13-16H2,1-3H3,(H,26,31). The van der Waals surface area contributed by atoms with Crippen molar-refractivity contribution in [3.8, 4) is 5.69 Å². The molecule has 1 aliphatic heterocycles. The molecule has 2 amide bonds. The number of nitrogens with one attached hydrogen (secondary N) is 1. The Labute approximate surface area is 182 Å². The number of hydrogen-bond acceptors (Lipinski definition) is 3. The molecule has 0 bridgehead atoms. The molecule has 1 N–H and O–H groups in total. The molecule has 4 rings (SSSR count). The van der Waals surface area contributed by atoms with E-state index in [0.717, 1.165) is 34.6 Å². The molecule has 0 spiro atoms. The van der Waals surface area contributed by atoms with Gasteiger partial charge >= 0.3 is 0 Å². The molecule has 2 aromatic carbocycles. The minimum atomic E-state index is -0.225. The first kappa shape index (κ1) is 20.8. The van der Waals surface area contributed by atoms with Gasteiger partial charge < -0.3 is 10.2 Å². The summed E-state index contributed by atoms with van der Waals surface area (Å²) in [5.74, 6) is -0.0673. The van der Waals surface area contributed by atoms with E-state index in [2.05, 4.69) is 16.5 Å². The molecular weight excluding hydrogens is 388 g/mol. The van der Waals surface area contributed by atoms with Gasteiger partial charge in [0, 0.05) is 31.3 Å². The average Bonchev–Trinajstić information content (AvgIpc) is 3.06. The fourth-order valence-electron chi connectivity index (χ4n) is 4.43. The molecule has 2 heterocycles. The van der Waals surface area contributed by atoms with Gasteiger partial charge in [-0.15, -0.1) is 0 Å². The topological polar surface area (TPSA) is 67.2 Å². The van der Waals surface area contributed by atoms with Crippen LogP contribution >= 0.6 is 0 Å². The van der Waals surface area contributed by atoms with Crippen molar-refractivity contribution in [2.45, 2.75) is 46.2 Å². The van der Waals surface area contributed by atoms with E-state index in [0.29, 0.717) is 13.1 Å². The van der Waals surface area contributed by atoms with E-state index in [1.807, 2.05) is 72.0 Å². The second-order valence-corrected chi connectivity index (χ2v) is 8.05. The maximum atomic E-state index is 12.9. The van der Waals surface area contributed by atoms with Crippen LogP contribution < -0.4 is 5.32 Å². The zero-order valence-corrected chi connectivity index (χ0v) is 18.3. The molecule has 1 atom stereocenters. The summed E-state index contributed by atoms with van der Waals surface area (Å²) >= 11 is 0. The van der Waals surface area contributed by atoms with Crippen LogP contribution in [0.4, 0.5) is 0 Å². The van der Waals surface area contributed by atoms with Gasteiger partial charge in [0.2, 0.25) is 11.8 Å². The summed E-state index contributed by atoms with van der Waals surface area (Å²) in [5, 5.41) is 7.70. The summed E-state index contributed by atoms with van der Waals surface area (Å²) in [6.45, 7) is 6.61. The number of carbonyl (C=O) groups excluding carboxylic acids is 2. The van der Waals surface area contributed by atoms with Crippen molar-refractivity contribution in [2.24, 2.45) is 0 Å². The van der Waals surface area contributed by atoms with Gasteiger partial charge in [0.25, 0.3) is 0 Å². The van der Waals surface area contributed by atoms with Crippen LogP contribution in [0.5, 0.6) is 0 Å². The third-order valence-electron chi connectivity index (χ3n) is 6.10. The molecule has 1 unspecified atom stereocenters. The molecular formula is C25H28N4O2. The third-order valence-corrected chi connectivity index (χ3v) is 6.10. The number of fused-ring (bicyclic) bond motifs is 1. The molecule has 31 heavy (non-hydrogen) atoms. The van der Waals surface area contributed by atoms with Gasteiger partial charge in [0.1, 0.15) is 0 Å². The molecule has 0 saturated carbocycles. The summed E-state index contributed by atoms with van der Waals surface area (Å²) in [5.41, 5.74) is 6.21. The lowest BCUT2D eigenvalue weighted by Crippen LogP contribution is -2.41. The molecule has 1 aliphatic rings. The van der Waals surface area contributed by atoms with Crippen LogP contribution in [0.1, 0.15) is 47.5 Å². The normalized spacial score (nSPS) is 15.5. The van der Waals surface area contributed by atoms with Gasteiger partial charge in [-0.3, -0.25) is 9.59 Å². The lowest BCUT2D eigenvalue weighted by molar-refractivity contribution is -0.133. The minimum absolute atomic E-state index is 0.00290. The van der Waals surface area contributed by atoms with Gasteiger partial charge in [0.05, 0.1) is 23.8 Å². The predicted molar refractivity (Wildman–Crippen MR) is 120 cm³/mol. The molecule has 0 aliphatic carbocycles. The zero-order chi connectivity index (χ0) is 22.0. The molecule has 6 nitrogen and oxygen atoms in total. The SMILES string of the molecule is CC(=O)N1CCc2ccccc2C1CC(=O)NCc1c(C)nn(-c2ccccc2)c1C. The Kier molecular flexibility index (Phi) is 5.89. The quantitative estimate of drug-likeness (QED) is 0.691. The molecule has 3 aromatic rings. The van der Waals surface area contributed by atoms with E-state index in [-0.39, 0.29) is 24.3 Å². The molecule has 1 aromatic heterocycles. The van der Waals surface area contributed by atoms with Gasteiger partial charge in [-0.2, -0.15) is 5.10 Å². The first-order chi connectivity index (χ1) is 15.0. The highest BCUT2D eigenvalue weighted by molar-refractivity contribution is 5.79. The second kappa shape index (κ2) is 8.76. The Balaban J connectivity index is 1.48. The zero-order valence-electron chi connectivity index (χ0n) is 18.3. The number of benzene rings is 2. The van der Waals surface area contributed by atoms with Crippen molar-refractivity contribution in [1.29, 1.82) is 0 Å². The number of hydrogen-bond donors (Lipinski definition) is 1. The Hall–Kier alpha value is -3.41. The Morgan fingerprint density at radius 3 is 2.52 bits per heavy atom. The van der Waals surface area contributed by atoms with Crippen LogP contribution in [0.15, 0.2) is 54.6 Å². The maximum absolute atomic E-state index is 12.9. The van der Waals surface area contributed by atoms with Gasteiger partial charge in [-0.25, -0.2) is 4.68 Å². The number of aromatic nitrogens is 2. The number of rotatable bonds is 5. The number of amides is 2. The largest absolute Gasteiger partial charge is 0.352 e. The monoisotopic (exact) mass is 416 g/mol. The third kappa shape index (κ3) is 4.24. The second-order valence-electron chi connectivity index (χ2n) is 8.05. The smallest absolute Gasteiger partial charge is 0.222 e. The van der Waals surface area contributed by atoms with Crippen LogP contribution in [0.3, 0.4) is 0 Å². The van der Waals surface area contributed by atoms with Crippen molar-refractivity contribution in [3.63, 3.8) is 0 Å². The molecule has 6 heteroatoms. The summed E-state index contributed by atoms with van der Waals surface area (Å²) in [7, 11) is 0. The summed E-state index contributed by atoms with van der Waals surface area (Å²) < 4.78 is 1.91. The lowest BCUT2D eigenvalue weighted by atomic mass is 9.90. The number of para-hydroxylation sites is 1. The van der Waals surface area contributed by atoms with Crippen LogP contribution in [-0.4, -0.2) is 33.0 Å².